The molecule has 1 fully saturated rings. The summed E-state index contributed by atoms with van der Waals surface area (Å²) < 4.78 is 0. The first-order chi connectivity index (χ1) is 8.81. The molecule has 1 aromatic heterocycles. The van der Waals surface area contributed by atoms with Gasteiger partial charge in [-0.2, -0.15) is 0 Å². The number of hydrogen-bond acceptors (Lipinski definition) is 3. The molecule has 2 heterocycles. The fourth-order valence-electron chi connectivity index (χ4n) is 2.50. The van der Waals surface area contributed by atoms with Crippen molar-refractivity contribution in [3.8, 4) is 10.6 Å². The Balaban J connectivity index is 1.76. The van der Waals surface area contributed by atoms with Gasteiger partial charge in [0.15, 0.2) is 0 Å². The number of nitrogens with one attached hydrogen (secondary N) is 1. The Labute approximate surface area is 112 Å². The van der Waals surface area contributed by atoms with Crippen molar-refractivity contribution < 1.29 is 0 Å². The first-order valence-electron chi connectivity index (χ1n) is 6.53. The van der Waals surface area contributed by atoms with E-state index in [1.807, 2.05) is 0 Å². The summed E-state index contributed by atoms with van der Waals surface area (Å²) in [6.45, 7) is 4.44. The standard InChI is InChI=1S/C15H18N2S/c1-11-3-2-4-13(7-11)15-17-14(10-18-15)8-12-5-6-16-9-12/h2-4,7,10,12,16H,5-6,8-9H2,1H3. The van der Waals surface area contributed by atoms with Gasteiger partial charge in [-0.25, -0.2) is 4.98 Å². The maximum absolute atomic E-state index is 4.78. The highest BCUT2D eigenvalue weighted by Gasteiger charge is 2.16. The number of benzene rings is 1. The summed E-state index contributed by atoms with van der Waals surface area (Å²) in [4.78, 5) is 4.78. The predicted molar refractivity (Wildman–Crippen MR) is 77.0 cm³/mol. The zero-order valence-electron chi connectivity index (χ0n) is 10.6. The van der Waals surface area contributed by atoms with E-state index in [1.54, 1.807) is 11.3 Å². The van der Waals surface area contributed by atoms with E-state index in [4.69, 9.17) is 4.98 Å². The molecule has 1 aliphatic rings. The van der Waals surface area contributed by atoms with Gasteiger partial charge >= 0.3 is 0 Å². The molecule has 0 spiro atoms. The van der Waals surface area contributed by atoms with Gasteiger partial charge < -0.3 is 5.32 Å². The second-order valence-electron chi connectivity index (χ2n) is 5.08. The Morgan fingerprint density at radius 2 is 2.39 bits per heavy atom. The van der Waals surface area contributed by atoms with E-state index >= 15 is 0 Å². The molecule has 2 nitrogen and oxygen atoms in total. The molecule has 0 saturated carbocycles. The highest BCUT2D eigenvalue weighted by Crippen LogP contribution is 2.26. The highest BCUT2D eigenvalue weighted by molar-refractivity contribution is 7.13. The van der Waals surface area contributed by atoms with E-state index in [-0.39, 0.29) is 0 Å². The Hall–Kier alpha value is -1.19. The third-order valence-electron chi connectivity index (χ3n) is 3.48. The Bertz CT molecular complexity index is 527. The van der Waals surface area contributed by atoms with Crippen LogP contribution in [0.25, 0.3) is 10.6 Å². The molecule has 0 radical (unpaired) electrons. The van der Waals surface area contributed by atoms with Crippen LogP contribution in [0.2, 0.25) is 0 Å². The molecule has 1 atom stereocenters. The molecular formula is C15H18N2S. The minimum atomic E-state index is 0.775. The molecule has 1 unspecified atom stereocenters. The molecule has 18 heavy (non-hydrogen) atoms. The van der Waals surface area contributed by atoms with Gasteiger partial charge in [0.2, 0.25) is 0 Å². The summed E-state index contributed by atoms with van der Waals surface area (Å²) in [5, 5.41) is 6.78. The van der Waals surface area contributed by atoms with Crippen molar-refractivity contribution in [2.75, 3.05) is 13.1 Å². The Kier molecular flexibility index (Phi) is 3.43. The minimum absolute atomic E-state index is 0.775. The lowest BCUT2D eigenvalue weighted by molar-refractivity contribution is 0.573. The van der Waals surface area contributed by atoms with Crippen LogP contribution in [0.15, 0.2) is 29.6 Å². The molecule has 1 aliphatic heterocycles. The third kappa shape index (κ3) is 2.62. The van der Waals surface area contributed by atoms with Gasteiger partial charge in [0, 0.05) is 10.9 Å². The zero-order chi connectivity index (χ0) is 12.4. The van der Waals surface area contributed by atoms with E-state index < -0.39 is 0 Å². The molecule has 0 amide bonds. The number of aromatic nitrogens is 1. The summed E-state index contributed by atoms with van der Waals surface area (Å²) in [5.74, 6) is 0.775. The number of nitrogens with zero attached hydrogens (tertiary/aromatic N) is 1. The molecule has 94 valence electrons. The lowest BCUT2D eigenvalue weighted by atomic mass is 10.0. The number of hydrogen-bond donors (Lipinski definition) is 1. The first-order valence-corrected chi connectivity index (χ1v) is 7.41. The minimum Gasteiger partial charge on any atom is -0.316 e. The zero-order valence-corrected chi connectivity index (χ0v) is 11.5. The van der Waals surface area contributed by atoms with Crippen LogP contribution in [-0.4, -0.2) is 18.1 Å². The SMILES string of the molecule is Cc1cccc(-c2nc(CC3CCNC3)cs2)c1. The normalized spacial score (nSPS) is 19.3. The highest BCUT2D eigenvalue weighted by atomic mass is 32.1. The monoisotopic (exact) mass is 258 g/mol. The number of thiazole rings is 1. The largest absolute Gasteiger partial charge is 0.316 e. The third-order valence-corrected chi connectivity index (χ3v) is 4.42. The molecule has 1 N–H and O–H groups in total. The molecule has 3 rings (SSSR count). The molecule has 1 saturated heterocycles. The average molecular weight is 258 g/mol. The molecule has 3 heteroatoms. The Morgan fingerprint density at radius 3 is 3.17 bits per heavy atom. The van der Waals surface area contributed by atoms with Crippen molar-refractivity contribution in [1.29, 1.82) is 0 Å². The van der Waals surface area contributed by atoms with Crippen LogP contribution in [0.5, 0.6) is 0 Å². The van der Waals surface area contributed by atoms with Crippen molar-refractivity contribution in [3.05, 3.63) is 40.9 Å². The summed E-state index contributed by atoms with van der Waals surface area (Å²) in [5.41, 5.74) is 3.80. The number of rotatable bonds is 3. The first kappa shape index (κ1) is 11.9. The quantitative estimate of drug-likeness (QED) is 0.914. The lowest BCUT2D eigenvalue weighted by Crippen LogP contribution is -2.10. The maximum Gasteiger partial charge on any atom is 0.123 e. The fourth-order valence-corrected chi connectivity index (χ4v) is 3.33. The molecule has 2 aromatic rings. The number of aryl methyl sites for hydroxylation is 1. The van der Waals surface area contributed by atoms with Gasteiger partial charge in [0.05, 0.1) is 5.69 Å². The van der Waals surface area contributed by atoms with Crippen LogP contribution in [-0.2, 0) is 6.42 Å². The summed E-state index contributed by atoms with van der Waals surface area (Å²) in [7, 11) is 0. The topological polar surface area (TPSA) is 24.9 Å². The lowest BCUT2D eigenvalue weighted by Gasteiger charge is -2.04. The summed E-state index contributed by atoms with van der Waals surface area (Å²) >= 11 is 1.76. The van der Waals surface area contributed by atoms with Crippen molar-refractivity contribution in [1.82, 2.24) is 10.3 Å². The van der Waals surface area contributed by atoms with Crippen LogP contribution in [0.1, 0.15) is 17.7 Å². The molecule has 0 bridgehead atoms. The van der Waals surface area contributed by atoms with Crippen molar-refractivity contribution in [2.45, 2.75) is 19.8 Å². The van der Waals surface area contributed by atoms with Gasteiger partial charge in [0.25, 0.3) is 0 Å². The van der Waals surface area contributed by atoms with Crippen molar-refractivity contribution in [2.24, 2.45) is 5.92 Å². The van der Waals surface area contributed by atoms with Gasteiger partial charge in [-0.3, -0.25) is 0 Å². The van der Waals surface area contributed by atoms with Crippen LogP contribution >= 0.6 is 11.3 Å². The second kappa shape index (κ2) is 5.21. The molecule has 0 aliphatic carbocycles. The Morgan fingerprint density at radius 1 is 1.44 bits per heavy atom. The summed E-state index contributed by atoms with van der Waals surface area (Å²) in [6, 6.07) is 8.58. The van der Waals surface area contributed by atoms with Gasteiger partial charge in [-0.1, -0.05) is 23.8 Å². The van der Waals surface area contributed by atoms with Crippen LogP contribution in [0.3, 0.4) is 0 Å². The summed E-state index contributed by atoms with van der Waals surface area (Å²) in [6.07, 6.45) is 2.41. The van der Waals surface area contributed by atoms with Gasteiger partial charge in [-0.05, 0) is 44.8 Å². The molecular weight excluding hydrogens is 240 g/mol. The maximum atomic E-state index is 4.78. The van der Waals surface area contributed by atoms with Crippen molar-refractivity contribution in [3.63, 3.8) is 0 Å². The van der Waals surface area contributed by atoms with E-state index in [0.29, 0.717) is 0 Å². The molecule has 1 aromatic carbocycles. The van der Waals surface area contributed by atoms with Crippen LogP contribution in [0, 0.1) is 12.8 Å². The second-order valence-corrected chi connectivity index (χ2v) is 5.93. The van der Waals surface area contributed by atoms with Gasteiger partial charge in [-0.15, -0.1) is 11.3 Å². The predicted octanol–water partition coefficient (Wildman–Crippen LogP) is 3.27. The van der Waals surface area contributed by atoms with Gasteiger partial charge in [0.1, 0.15) is 5.01 Å². The fraction of sp³-hybridized carbons (Fsp3) is 0.400. The smallest absolute Gasteiger partial charge is 0.123 e. The van der Waals surface area contributed by atoms with E-state index in [2.05, 4.69) is 41.9 Å². The van der Waals surface area contributed by atoms with Crippen LogP contribution < -0.4 is 5.32 Å². The van der Waals surface area contributed by atoms with Crippen molar-refractivity contribution >= 4 is 11.3 Å². The van der Waals surface area contributed by atoms with Crippen LogP contribution in [0.4, 0.5) is 0 Å². The van der Waals surface area contributed by atoms with E-state index in [1.165, 1.54) is 29.8 Å². The average Bonchev–Trinajstić information content (AvgIpc) is 3.01. The van der Waals surface area contributed by atoms with E-state index in [9.17, 15) is 0 Å². The van der Waals surface area contributed by atoms with E-state index in [0.717, 1.165) is 23.9 Å².